The van der Waals surface area contributed by atoms with Crippen LogP contribution < -0.4 is 0 Å². The molecule has 0 bridgehead atoms. The third kappa shape index (κ3) is 19.9. The summed E-state index contributed by atoms with van der Waals surface area (Å²) in [4.78, 5) is 0. The first-order valence-electron chi connectivity index (χ1n) is 2.12. The van der Waals surface area contributed by atoms with Gasteiger partial charge in [-0.2, -0.15) is 0 Å². The van der Waals surface area contributed by atoms with Crippen molar-refractivity contribution in [3.8, 4) is 0 Å². The van der Waals surface area contributed by atoms with Crippen molar-refractivity contribution in [1.29, 1.82) is 0 Å². The summed E-state index contributed by atoms with van der Waals surface area (Å²) >= 11 is 0.0494. The smallest absolute Gasteiger partial charge is 0.870 e. The van der Waals surface area contributed by atoms with E-state index in [1.54, 1.807) is 0 Å². The minimum Gasteiger partial charge on any atom is -0.870 e. The summed E-state index contributed by atoms with van der Waals surface area (Å²) in [7, 11) is 0. The van der Waals surface area contributed by atoms with E-state index in [0.717, 1.165) is 0 Å². The van der Waals surface area contributed by atoms with Gasteiger partial charge in [0.2, 0.25) is 0 Å². The third-order valence-corrected chi connectivity index (χ3v) is 4.39. The summed E-state index contributed by atoms with van der Waals surface area (Å²) in [5, 5.41) is 0. The normalized spacial score (nSPS) is 4.86. The van der Waals surface area contributed by atoms with Gasteiger partial charge in [0.25, 0.3) is 0 Å². The Balaban J connectivity index is -0.0000000800. The molecule has 7 heavy (non-hydrogen) atoms. The van der Waals surface area contributed by atoms with Gasteiger partial charge in [-0.1, -0.05) is 0 Å². The fraction of sp³-hybridized carbons (Fsp3) is 1.00. The summed E-state index contributed by atoms with van der Waals surface area (Å²) < 4.78 is 3.08. The first-order chi connectivity index (χ1) is 2.41. The summed E-state index contributed by atoms with van der Waals surface area (Å²) in [6, 6.07) is 0. The monoisotopic (exact) mass is 300 g/mol. The molecule has 0 aliphatic rings. The van der Waals surface area contributed by atoms with Crippen LogP contribution in [0.25, 0.3) is 0 Å². The van der Waals surface area contributed by atoms with Crippen LogP contribution in [-0.2, 0) is 0 Å². The van der Waals surface area contributed by atoms with E-state index < -0.39 is 0 Å². The van der Waals surface area contributed by atoms with E-state index in [9.17, 15) is 0 Å². The maximum atomic E-state index is 2.30. The zero-order chi connectivity index (χ0) is 4.12. The van der Waals surface area contributed by atoms with E-state index in [1.807, 2.05) is 0 Å². The molecule has 0 aromatic heterocycles. The van der Waals surface area contributed by atoms with Gasteiger partial charge in [-0.25, -0.2) is 0 Å². The van der Waals surface area contributed by atoms with Crippen LogP contribution >= 0.6 is 0 Å². The Labute approximate surface area is 57.1 Å². The van der Waals surface area contributed by atoms with E-state index >= 15 is 0 Å². The van der Waals surface area contributed by atoms with Crippen LogP contribution in [0.3, 0.4) is 0 Å². The van der Waals surface area contributed by atoms with Crippen molar-refractivity contribution in [2.75, 3.05) is 0 Å². The minimum absolute atomic E-state index is 0. The largest absolute Gasteiger partial charge is 0.870 e. The number of rotatable bonds is 2. The van der Waals surface area contributed by atoms with Gasteiger partial charge < -0.3 is 11.0 Å². The summed E-state index contributed by atoms with van der Waals surface area (Å²) in [5.41, 5.74) is 0. The number of hydrogen-bond donors (Lipinski definition) is 0. The van der Waals surface area contributed by atoms with Crippen molar-refractivity contribution in [3.05, 3.63) is 0 Å². The minimum atomic E-state index is 0. The Kier molecular flexibility index (Phi) is 35.4. The van der Waals surface area contributed by atoms with Gasteiger partial charge in [-0.05, 0) is 0 Å². The molecule has 2 N–H and O–H groups in total. The maximum Gasteiger partial charge on any atom is -0.870 e. The molecule has 2 nitrogen and oxygen atoms in total. The zero-order valence-corrected chi connectivity index (χ0v) is 8.70. The van der Waals surface area contributed by atoms with Gasteiger partial charge in [-0.3, -0.25) is 0 Å². The van der Waals surface area contributed by atoms with Crippen molar-refractivity contribution in [2.24, 2.45) is 0 Å². The molecule has 0 aromatic rings. The van der Waals surface area contributed by atoms with E-state index in [0.29, 0.717) is 0 Å². The van der Waals surface area contributed by atoms with Crippen molar-refractivity contribution < 1.29 is 11.0 Å². The summed E-state index contributed by atoms with van der Waals surface area (Å²) in [6.07, 6.45) is 0. The molecule has 0 amide bonds. The Hall–Kier alpha value is 0.842. The summed E-state index contributed by atoms with van der Waals surface area (Å²) in [5.74, 6) is 0. The van der Waals surface area contributed by atoms with Crippen LogP contribution in [0.1, 0.15) is 13.8 Å². The van der Waals surface area contributed by atoms with E-state index in [4.69, 9.17) is 0 Å². The molecule has 0 saturated carbocycles. The summed E-state index contributed by atoms with van der Waals surface area (Å²) in [6.45, 7) is 4.60. The fourth-order valence-electron chi connectivity index (χ4n) is 0.250. The first kappa shape index (κ1) is 15.7. The van der Waals surface area contributed by atoms with Gasteiger partial charge in [-0.15, -0.1) is 0 Å². The third-order valence-electron chi connectivity index (χ3n) is 0.500. The molecule has 0 heterocycles. The SMILES string of the molecule is C[CH2][Pb+2][CH2]C.[OH-].[OH-]. The molecular formula is C4H12O2Pb. The molecule has 0 aliphatic heterocycles. The van der Waals surface area contributed by atoms with Crippen molar-refractivity contribution in [2.45, 2.75) is 21.8 Å². The standard InChI is InChI=1S/2C2H5.2H2O.Pb/c2*1-2;;;/h2*1H2,2H3;2*1H2;/q;;;;+2/p-2. The van der Waals surface area contributed by atoms with Gasteiger partial charge in [0, 0.05) is 0 Å². The van der Waals surface area contributed by atoms with Crippen LogP contribution in [0, 0.1) is 0 Å². The molecule has 0 atom stereocenters. The average molecular weight is 299 g/mol. The molecule has 0 aromatic carbocycles. The predicted molar refractivity (Wildman–Crippen MR) is 30.6 cm³/mol. The average Bonchev–Trinajstić information content (AvgIpc) is 1.41. The van der Waals surface area contributed by atoms with E-state index in [1.165, 1.54) is 7.96 Å². The quantitative estimate of drug-likeness (QED) is 0.720. The second-order valence-corrected chi connectivity index (χ2v) is 8.40. The molecule has 0 rings (SSSR count). The van der Waals surface area contributed by atoms with Crippen molar-refractivity contribution in [1.82, 2.24) is 0 Å². The predicted octanol–water partition coefficient (Wildman–Crippen LogP) is 1.21. The first-order valence-corrected chi connectivity index (χ1v) is 7.62. The Morgan fingerprint density at radius 3 is 1.29 bits per heavy atom. The topological polar surface area (TPSA) is 60.0 Å². The molecule has 0 spiro atoms. The Morgan fingerprint density at radius 2 is 1.29 bits per heavy atom. The molecule has 3 heteroatoms. The van der Waals surface area contributed by atoms with Gasteiger partial charge in [0.05, 0.1) is 0 Å². The molecule has 0 unspecified atom stereocenters. The second-order valence-electron chi connectivity index (χ2n) is 0.957. The molecule has 44 valence electrons. The molecule has 0 fully saturated rings. The van der Waals surface area contributed by atoms with Crippen LogP contribution in [0.5, 0.6) is 0 Å². The van der Waals surface area contributed by atoms with Crippen LogP contribution in [-0.4, -0.2) is 35.2 Å². The van der Waals surface area contributed by atoms with Gasteiger partial charge >= 0.3 is 46.0 Å². The molecule has 0 aliphatic carbocycles. The van der Waals surface area contributed by atoms with Crippen LogP contribution in [0.15, 0.2) is 0 Å². The van der Waals surface area contributed by atoms with Gasteiger partial charge in [0.15, 0.2) is 0 Å². The van der Waals surface area contributed by atoms with Crippen LogP contribution in [0.4, 0.5) is 0 Å². The Morgan fingerprint density at radius 1 is 1.00 bits per heavy atom. The van der Waals surface area contributed by atoms with Crippen LogP contribution in [0.2, 0.25) is 7.96 Å². The second kappa shape index (κ2) is 15.8. The fourth-order valence-corrected chi connectivity index (χ4v) is 2.19. The molecule has 0 radical (unpaired) electrons. The number of hydrogen-bond acceptors (Lipinski definition) is 2. The molecule has 0 saturated heterocycles. The van der Waals surface area contributed by atoms with E-state index in [2.05, 4.69) is 13.8 Å². The van der Waals surface area contributed by atoms with Crippen molar-refractivity contribution in [3.63, 3.8) is 0 Å². The van der Waals surface area contributed by atoms with Gasteiger partial charge in [0.1, 0.15) is 0 Å². The zero-order valence-electron chi connectivity index (χ0n) is 4.81. The molecular weight excluding hydrogens is 287 g/mol. The maximum absolute atomic E-state index is 2.30. The van der Waals surface area contributed by atoms with Crippen molar-refractivity contribution >= 4 is 24.2 Å². The Bertz CT molecular complexity index is 17.2. The van der Waals surface area contributed by atoms with E-state index in [-0.39, 0.29) is 35.2 Å².